The van der Waals surface area contributed by atoms with Gasteiger partial charge >= 0.3 is 0 Å². The molecule has 1 atom stereocenters. The molecule has 0 aliphatic carbocycles. The van der Waals surface area contributed by atoms with Gasteiger partial charge in [-0.25, -0.2) is 8.42 Å². The molecule has 3 nitrogen and oxygen atoms in total. The van der Waals surface area contributed by atoms with Gasteiger partial charge in [-0.15, -0.1) is 0 Å². The average molecular weight is 323 g/mol. The number of benzene rings is 2. The van der Waals surface area contributed by atoms with Gasteiger partial charge in [-0.05, 0) is 30.2 Å². The van der Waals surface area contributed by atoms with Gasteiger partial charge in [-0.2, -0.15) is 0 Å². The van der Waals surface area contributed by atoms with Gasteiger partial charge in [-0.1, -0.05) is 41.9 Å². The van der Waals surface area contributed by atoms with Crippen molar-refractivity contribution in [3.05, 3.63) is 64.7 Å². The second-order valence-electron chi connectivity index (χ2n) is 5.40. The predicted octanol–water partition coefficient (Wildman–Crippen LogP) is 2.95. The molecule has 1 unspecified atom stereocenters. The molecule has 0 amide bonds. The topological polar surface area (TPSA) is 54.4 Å². The zero-order valence-electron chi connectivity index (χ0n) is 11.3. The number of hydrogen-bond donors (Lipinski definition) is 1. The van der Waals surface area contributed by atoms with Gasteiger partial charge in [0.2, 0.25) is 0 Å². The molecule has 2 aromatic rings. The van der Waals surface area contributed by atoms with Gasteiger partial charge in [0, 0.05) is 17.0 Å². The lowest BCUT2D eigenvalue weighted by Gasteiger charge is -2.34. The molecule has 5 heteroatoms. The van der Waals surface area contributed by atoms with E-state index >= 15 is 0 Å². The van der Waals surface area contributed by atoms with E-state index in [-0.39, 0.29) is 17.1 Å². The van der Waals surface area contributed by atoms with Crippen LogP contribution in [0.1, 0.15) is 17.5 Å². The number of fused-ring (bicyclic) bond motifs is 1. The fourth-order valence-corrected chi connectivity index (χ4v) is 4.76. The molecule has 0 bridgehead atoms. The van der Waals surface area contributed by atoms with Gasteiger partial charge in [0.05, 0.1) is 16.2 Å². The highest BCUT2D eigenvalue weighted by atomic mass is 35.5. The molecular weight excluding hydrogens is 308 g/mol. The highest BCUT2D eigenvalue weighted by Crippen LogP contribution is 2.39. The lowest BCUT2D eigenvalue weighted by atomic mass is 9.84. The second kappa shape index (κ2) is 5.13. The number of hydrogen-bond acceptors (Lipinski definition) is 3. The van der Waals surface area contributed by atoms with Gasteiger partial charge in [-0.3, -0.25) is 0 Å². The Labute approximate surface area is 129 Å². The second-order valence-corrected chi connectivity index (χ2v) is 7.92. The van der Waals surface area contributed by atoms with Crippen LogP contribution in [-0.2, 0) is 21.9 Å². The first kappa shape index (κ1) is 14.6. The van der Waals surface area contributed by atoms with E-state index in [0.29, 0.717) is 17.0 Å². The Hall–Kier alpha value is -1.36. The number of rotatable bonds is 2. The normalized spacial score (nSPS) is 23.5. The molecule has 21 heavy (non-hydrogen) atoms. The Balaban J connectivity index is 2.06. The molecular formula is C16H15ClO3S. The monoisotopic (exact) mass is 322 g/mol. The van der Waals surface area contributed by atoms with Crippen LogP contribution in [0.3, 0.4) is 0 Å². The van der Waals surface area contributed by atoms with Crippen molar-refractivity contribution in [3.8, 4) is 0 Å². The van der Waals surface area contributed by atoms with Crippen molar-refractivity contribution >= 4 is 21.4 Å². The molecule has 0 fully saturated rings. The summed E-state index contributed by atoms with van der Waals surface area (Å²) < 4.78 is 24.3. The van der Waals surface area contributed by atoms with Crippen LogP contribution in [0, 0.1) is 0 Å². The maximum absolute atomic E-state index is 12.1. The first-order chi connectivity index (χ1) is 9.91. The van der Waals surface area contributed by atoms with E-state index in [1.54, 1.807) is 36.4 Å². The predicted molar refractivity (Wildman–Crippen MR) is 82.2 cm³/mol. The molecule has 0 saturated carbocycles. The van der Waals surface area contributed by atoms with Crippen molar-refractivity contribution in [2.24, 2.45) is 0 Å². The molecule has 0 spiro atoms. The minimum atomic E-state index is -3.30. The van der Waals surface area contributed by atoms with Gasteiger partial charge < -0.3 is 5.11 Å². The summed E-state index contributed by atoms with van der Waals surface area (Å²) in [5.41, 5.74) is 0.197. The Morgan fingerprint density at radius 2 is 1.90 bits per heavy atom. The maximum Gasteiger partial charge on any atom is 0.178 e. The van der Waals surface area contributed by atoms with Crippen molar-refractivity contribution in [2.45, 2.75) is 23.3 Å². The van der Waals surface area contributed by atoms with Gasteiger partial charge in [0.25, 0.3) is 0 Å². The average Bonchev–Trinajstić information content (AvgIpc) is 2.44. The van der Waals surface area contributed by atoms with Crippen LogP contribution in [0.25, 0.3) is 0 Å². The number of sulfone groups is 1. The van der Waals surface area contributed by atoms with Crippen molar-refractivity contribution < 1.29 is 13.5 Å². The summed E-state index contributed by atoms with van der Waals surface area (Å²) in [6.45, 7) is 0. The Morgan fingerprint density at radius 1 is 1.14 bits per heavy atom. The largest absolute Gasteiger partial charge is 0.385 e. The van der Waals surface area contributed by atoms with E-state index in [0.717, 1.165) is 5.56 Å². The van der Waals surface area contributed by atoms with Gasteiger partial charge in [0.1, 0.15) is 0 Å². The molecule has 0 aromatic heterocycles. The summed E-state index contributed by atoms with van der Waals surface area (Å²) in [6, 6.07) is 14.0. The quantitative estimate of drug-likeness (QED) is 0.925. The Kier molecular flexibility index (Phi) is 3.56. The number of aliphatic hydroxyl groups is 1. The maximum atomic E-state index is 12.1. The zero-order valence-corrected chi connectivity index (χ0v) is 12.9. The summed E-state index contributed by atoms with van der Waals surface area (Å²) >= 11 is 5.98. The smallest absolute Gasteiger partial charge is 0.178 e. The Bertz CT molecular complexity index is 786. The van der Waals surface area contributed by atoms with Crippen LogP contribution in [0.5, 0.6) is 0 Å². The molecule has 0 radical (unpaired) electrons. The summed E-state index contributed by atoms with van der Waals surface area (Å²) in [5, 5.41) is 11.6. The lowest BCUT2D eigenvalue weighted by molar-refractivity contribution is 0.0283. The third-order valence-corrected chi connectivity index (χ3v) is 5.90. The molecule has 3 rings (SSSR count). The van der Waals surface area contributed by atoms with E-state index in [9.17, 15) is 13.5 Å². The van der Waals surface area contributed by atoms with Crippen molar-refractivity contribution in [2.75, 3.05) is 5.75 Å². The number of halogens is 1. The molecule has 110 valence electrons. The zero-order chi connectivity index (χ0) is 15.1. The summed E-state index contributed by atoms with van der Waals surface area (Å²) in [4.78, 5) is 0.237. The van der Waals surface area contributed by atoms with Crippen molar-refractivity contribution in [1.29, 1.82) is 0 Å². The fraction of sp³-hybridized carbons (Fsp3) is 0.250. The standard InChI is InChI=1S/C16H15ClO3S/c17-13-5-3-4-12(10-13)11-16(18)8-9-21(19,20)15-7-2-1-6-14(15)16/h1-7,10,18H,8-9,11H2. The molecule has 1 N–H and O–H groups in total. The third kappa shape index (κ3) is 2.71. The fourth-order valence-electron chi connectivity index (χ4n) is 2.84. The van der Waals surface area contributed by atoms with Gasteiger partial charge in [0.15, 0.2) is 9.84 Å². The van der Waals surface area contributed by atoms with Crippen LogP contribution < -0.4 is 0 Å². The minimum Gasteiger partial charge on any atom is -0.385 e. The van der Waals surface area contributed by atoms with E-state index < -0.39 is 15.4 Å². The van der Waals surface area contributed by atoms with Crippen molar-refractivity contribution in [1.82, 2.24) is 0 Å². The lowest BCUT2D eigenvalue weighted by Crippen LogP contribution is -2.37. The summed E-state index contributed by atoms with van der Waals surface area (Å²) in [5.74, 6) is -0.0406. The Morgan fingerprint density at radius 3 is 2.67 bits per heavy atom. The summed E-state index contributed by atoms with van der Waals surface area (Å²) in [6.07, 6.45) is 0.541. The molecule has 1 aliphatic heterocycles. The summed E-state index contributed by atoms with van der Waals surface area (Å²) in [7, 11) is -3.30. The van der Waals surface area contributed by atoms with Crippen LogP contribution in [0.4, 0.5) is 0 Å². The first-order valence-electron chi connectivity index (χ1n) is 6.70. The van der Waals surface area contributed by atoms with Crippen molar-refractivity contribution in [3.63, 3.8) is 0 Å². The van der Waals surface area contributed by atoms with E-state index in [1.807, 2.05) is 12.1 Å². The van der Waals surface area contributed by atoms with Crippen LogP contribution >= 0.6 is 11.6 Å². The van der Waals surface area contributed by atoms with E-state index in [1.165, 1.54) is 0 Å². The molecule has 2 aromatic carbocycles. The highest BCUT2D eigenvalue weighted by Gasteiger charge is 2.40. The minimum absolute atomic E-state index is 0.0406. The SMILES string of the molecule is O=S1(=O)CCC(O)(Cc2cccc(Cl)c2)c2ccccc21. The molecule has 1 heterocycles. The van der Waals surface area contributed by atoms with Crippen LogP contribution in [-0.4, -0.2) is 19.3 Å². The highest BCUT2D eigenvalue weighted by molar-refractivity contribution is 7.91. The third-order valence-electron chi connectivity index (χ3n) is 3.89. The van der Waals surface area contributed by atoms with E-state index in [4.69, 9.17) is 11.6 Å². The first-order valence-corrected chi connectivity index (χ1v) is 8.73. The molecule has 0 saturated heterocycles. The van der Waals surface area contributed by atoms with Crippen LogP contribution in [0.2, 0.25) is 5.02 Å². The van der Waals surface area contributed by atoms with Crippen LogP contribution in [0.15, 0.2) is 53.4 Å². The van der Waals surface area contributed by atoms with E-state index in [2.05, 4.69) is 0 Å². The molecule has 1 aliphatic rings.